The molecule has 0 heterocycles. The maximum absolute atomic E-state index is 13.2. The van der Waals surface area contributed by atoms with Gasteiger partial charge in [0.05, 0.1) is 6.61 Å². The molecule has 0 aliphatic heterocycles. The van der Waals surface area contributed by atoms with Gasteiger partial charge in [0.25, 0.3) is 0 Å². The molecule has 0 unspecified atom stereocenters. The molecular weight excluding hydrogens is 317 g/mol. The molecule has 2 aromatic carbocycles. The fourth-order valence-corrected chi connectivity index (χ4v) is 2.54. The maximum Gasteiger partial charge on any atom is 0.246 e. The number of carbonyl (C=O) groups is 1. The van der Waals surface area contributed by atoms with Crippen LogP contribution in [0, 0.1) is 5.82 Å². The molecule has 0 bridgehead atoms. The lowest BCUT2D eigenvalue weighted by Gasteiger charge is -2.21. The highest BCUT2D eigenvalue weighted by Gasteiger charge is 2.10. The van der Waals surface area contributed by atoms with Crippen LogP contribution >= 0.6 is 0 Å². The third-order valence-electron chi connectivity index (χ3n) is 3.88. The van der Waals surface area contributed by atoms with Crippen LogP contribution < -0.4 is 0 Å². The molecule has 2 aromatic rings. The van der Waals surface area contributed by atoms with Gasteiger partial charge in [-0.15, -0.1) is 0 Å². The van der Waals surface area contributed by atoms with Crippen LogP contribution in [0.3, 0.4) is 0 Å². The minimum atomic E-state index is -0.311. The molecule has 1 amide bonds. The minimum absolute atomic E-state index is 0.0885. The van der Waals surface area contributed by atoms with E-state index in [0.29, 0.717) is 25.3 Å². The Morgan fingerprint density at radius 1 is 1.12 bits per heavy atom. The average Bonchev–Trinajstić information content (AvgIpc) is 2.63. The number of hydrogen-bond donors (Lipinski definition) is 0. The molecule has 0 N–H and O–H groups in total. The molecule has 0 spiro atoms. The fourth-order valence-electron chi connectivity index (χ4n) is 2.54. The quantitative estimate of drug-likeness (QED) is 0.647. The van der Waals surface area contributed by atoms with E-state index in [4.69, 9.17) is 4.74 Å². The standard InChI is InChI=1S/C21H24FNO2/c1-25-16-15-23(14-6-10-18-7-3-2-4-8-18)21(24)13-12-19-9-5-11-20(22)17-19/h2-5,7-9,11-13,17H,6,10,14-16H2,1H3. The number of carbonyl (C=O) groups excluding carboxylic acids is 1. The summed E-state index contributed by atoms with van der Waals surface area (Å²) in [6.45, 7) is 1.69. The van der Waals surface area contributed by atoms with E-state index in [1.807, 2.05) is 18.2 Å². The number of nitrogens with zero attached hydrogens (tertiary/aromatic N) is 1. The lowest BCUT2D eigenvalue weighted by Crippen LogP contribution is -2.33. The second-order valence-electron chi connectivity index (χ2n) is 5.80. The first-order valence-corrected chi connectivity index (χ1v) is 8.44. The zero-order valence-electron chi connectivity index (χ0n) is 14.5. The third-order valence-corrected chi connectivity index (χ3v) is 3.88. The van der Waals surface area contributed by atoms with Gasteiger partial charge in [0.1, 0.15) is 5.82 Å². The van der Waals surface area contributed by atoms with Crippen molar-refractivity contribution >= 4 is 12.0 Å². The predicted octanol–water partition coefficient (Wildman–Crippen LogP) is 3.95. The number of rotatable bonds is 9. The van der Waals surface area contributed by atoms with E-state index in [9.17, 15) is 9.18 Å². The van der Waals surface area contributed by atoms with Crippen molar-refractivity contribution < 1.29 is 13.9 Å². The highest BCUT2D eigenvalue weighted by molar-refractivity contribution is 5.91. The minimum Gasteiger partial charge on any atom is -0.383 e. The molecular formula is C21H24FNO2. The second kappa shape index (κ2) is 10.4. The zero-order chi connectivity index (χ0) is 17.9. The van der Waals surface area contributed by atoms with Crippen LogP contribution in [0.2, 0.25) is 0 Å². The molecule has 0 aliphatic rings. The SMILES string of the molecule is COCCN(CCCc1ccccc1)C(=O)C=Cc1cccc(F)c1. The van der Waals surface area contributed by atoms with Crippen LogP contribution in [0.15, 0.2) is 60.7 Å². The van der Waals surface area contributed by atoms with Crippen molar-refractivity contribution in [3.8, 4) is 0 Å². The normalized spacial score (nSPS) is 11.0. The van der Waals surface area contributed by atoms with E-state index < -0.39 is 0 Å². The van der Waals surface area contributed by atoms with E-state index in [0.717, 1.165) is 12.8 Å². The Labute approximate surface area is 148 Å². The van der Waals surface area contributed by atoms with Gasteiger partial charge in [0, 0.05) is 26.3 Å². The highest BCUT2D eigenvalue weighted by atomic mass is 19.1. The largest absolute Gasteiger partial charge is 0.383 e. The van der Waals surface area contributed by atoms with Gasteiger partial charge in [-0.25, -0.2) is 4.39 Å². The molecule has 0 saturated heterocycles. The molecule has 25 heavy (non-hydrogen) atoms. The summed E-state index contributed by atoms with van der Waals surface area (Å²) in [5.74, 6) is -0.400. The van der Waals surface area contributed by atoms with Crippen LogP contribution in [0.4, 0.5) is 4.39 Å². The second-order valence-corrected chi connectivity index (χ2v) is 5.80. The molecule has 0 aliphatic carbocycles. The Balaban J connectivity index is 1.91. The Bertz CT molecular complexity index is 685. The highest BCUT2D eigenvalue weighted by Crippen LogP contribution is 2.07. The van der Waals surface area contributed by atoms with Gasteiger partial charge in [-0.2, -0.15) is 0 Å². The van der Waals surface area contributed by atoms with Crippen LogP contribution in [-0.2, 0) is 16.0 Å². The smallest absolute Gasteiger partial charge is 0.246 e. The number of aryl methyl sites for hydroxylation is 1. The van der Waals surface area contributed by atoms with Crippen molar-refractivity contribution in [1.82, 2.24) is 4.90 Å². The Kier molecular flexibility index (Phi) is 7.86. The molecule has 4 heteroatoms. The first-order chi connectivity index (χ1) is 12.2. The van der Waals surface area contributed by atoms with E-state index in [-0.39, 0.29) is 11.7 Å². The Morgan fingerprint density at radius 2 is 1.92 bits per heavy atom. The van der Waals surface area contributed by atoms with Gasteiger partial charge >= 0.3 is 0 Å². The number of ether oxygens (including phenoxy) is 1. The fraction of sp³-hybridized carbons (Fsp3) is 0.286. The summed E-state index contributed by atoms with van der Waals surface area (Å²) in [6, 6.07) is 16.4. The van der Waals surface area contributed by atoms with Gasteiger partial charge in [0.2, 0.25) is 5.91 Å². The topological polar surface area (TPSA) is 29.5 Å². The monoisotopic (exact) mass is 341 g/mol. The summed E-state index contributed by atoms with van der Waals surface area (Å²) in [6.07, 6.45) is 4.94. The number of methoxy groups -OCH3 is 1. The number of benzene rings is 2. The molecule has 0 fully saturated rings. The number of halogens is 1. The summed E-state index contributed by atoms with van der Waals surface area (Å²) in [5, 5.41) is 0. The van der Waals surface area contributed by atoms with Crippen LogP contribution in [-0.4, -0.2) is 37.6 Å². The van der Waals surface area contributed by atoms with Crippen LogP contribution in [0.1, 0.15) is 17.5 Å². The summed E-state index contributed by atoms with van der Waals surface area (Å²) in [7, 11) is 1.62. The predicted molar refractivity (Wildman–Crippen MR) is 98.7 cm³/mol. The number of hydrogen-bond acceptors (Lipinski definition) is 2. The summed E-state index contributed by atoms with van der Waals surface area (Å²) in [4.78, 5) is 14.2. The van der Waals surface area contributed by atoms with Crippen molar-refractivity contribution in [3.05, 3.63) is 77.6 Å². The maximum atomic E-state index is 13.2. The first kappa shape index (κ1) is 18.9. The van der Waals surface area contributed by atoms with Crippen molar-refractivity contribution in [1.29, 1.82) is 0 Å². The van der Waals surface area contributed by atoms with Gasteiger partial charge < -0.3 is 9.64 Å². The van der Waals surface area contributed by atoms with Crippen molar-refractivity contribution in [2.75, 3.05) is 26.8 Å². The van der Waals surface area contributed by atoms with E-state index in [2.05, 4.69) is 12.1 Å². The Morgan fingerprint density at radius 3 is 2.64 bits per heavy atom. The van der Waals surface area contributed by atoms with Crippen molar-refractivity contribution in [2.45, 2.75) is 12.8 Å². The molecule has 3 nitrogen and oxygen atoms in total. The van der Waals surface area contributed by atoms with Crippen LogP contribution in [0.25, 0.3) is 6.08 Å². The van der Waals surface area contributed by atoms with Crippen molar-refractivity contribution in [2.24, 2.45) is 0 Å². The van der Waals surface area contributed by atoms with Crippen molar-refractivity contribution in [3.63, 3.8) is 0 Å². The van der Waals surface area contributed by atoms with Gasteiger partial charge in [0.15, 0.2) is 0 Å². The van der Waals surface area contributed by atoms with Crippen LogP contribution in [0.5, 0.6) is 0 Å². The zero-order valence-corrected chi connectivity index (χ0v) is 14.5. The Hall–Kier alpha value is -2.46. The number of amides is 1. The van der Waals surface area contributed by atoms with E-state index >= 15 is 0 Å². The lowest BCUT2D eigenvalue weighted by atomic mass is 10.1. The molecule has 0 saturated carbocycles. The summed E-state index contributed by atoms with van der Waals surface area (Å²) >= 11 is 0. The molecule has 0 atom stereocenters. The first-order valence-electron chi connectivity index (χ1n) is 8.44. The van der Waals surface area contributed by atoms with Gasteiger partial charge in [-0.05, 0) is 42.2 Å². The van der Waals surface area contributed by atoms with Gasteiger partial charge in [-0.3, -0.25) is 4.79 Å². The molecule has 2 rings (SSSR count). The molecule has 0 radical (unpaired) electrons. The third kappa shape index (κ3) is 6.89. The average molecular weight is 341 g/mol. The lowest BCUT2D eigenvalue weighted by molar-refractivity contribution is -0.126. The van der Waals surface area contributed by atoms with E-state index in [1.165, 1.54) is 23.8 Å². The molecule has 0 aromatic heterocycles. The molecule has 132 valence electrons. The van der Waals surface area contributed by atoms with E-state index in [1.54, 1.807) is 30.2 Å². The summed E-state index contributed by atoms with van der Waals surface area (Å²) in [5.41, 5.74) is 1.93. The van der Waals surface area contributed by atoms with Gasteiger partial charge in [-0.1, -0.05) is 42.5 Å². The summed E-state index contributed by atoms with van der Waals surface area (Å²) < 4.78 is 18.3.